The maximum Gasteiger partial charge on any atom is 0.331 e. The Kier molecular flexibility index (Phi) is 4.36. The van der Waals surface area contributed by atoms with Crippen LogP contribution in [0.4, 0.5) is 0 Å². The second-order valence-electron chi connectivity index (χ2n) is 6.67. The number of carbonyl (C=O) groups excluding carboxylic acids is 2. The van der Waals surface area contributed by atoms with Crippen LogP contribution in [0.15, 0.2) is 6.07 Å². The highest BCUT2D eigenvalue weighted by molar-refractivity contribution is 5.99. The first-order valence-electron chi connectivity index (χ1n) is 7.81. The highest BCUT2D eigenvalue weighted by atomic mass is 16.5. The number of ether oxygens (including phenoxy) is 1. The molecule has 0 spiro atoms. The smallest absolute Gasteiger partial charge is 0.331 e. The molecule has 0 aromatic carbocycles. The second kappa shape index (κ2) is 5.78. The maximum absolute atomic E-state index is 12.7. The zero-order chi connectivity index (χ0) is 16.7. The number of nitrogens with one attached hydrogen (secondary N) is 1. The first-order valence-corrected chi connectivity index (χ1v) is 7.81. The van der Waals surface area contributed by atoms with Crippen molar-refractivity contribution in [1.29, 1.82) is 0 Å². The number of esters is 1. The third kappa shape index (κ3) is 2.76. The first kappa shape index (κ1) is 16.6. The number of hydrogen-bond donors (Lipinski definition) is 1. The van der Waals surface area contributed by atoms with Gasteiger partial charge in [-0.15, -0.1) is 0 Å². The van der Waals surface area contributed by atoms with Gasteiger partial charge >= 0.3 is 5.97 Å². The van der Waals surface area contributed by atoms with Gasteiger partial charge < -0.3 is 14.6 Å². The molecule has 0 radical (unpaired) electrons. The Balaban J connectivity index is 2.29. The van der Waals surface area contributed by atoms with Crippen LogP contribution in [0.2, 0.25) is 0 Å². The van der Waals surface area contributed by atoms with Crippen molar-refractivity contribution in [2.45, 2.75) is 59.0 Å². The molecular weight excluding hydrogens is 280 g/mol. The summed E-state index contributed by atoms with van der Waals surface area (Å²) in [6.45, 7) is 9.86. The van der Waals surface area contributed by atoms with Gasteiger partial charge in [0.15, 0.2) is 0 Å². The van der Waals surface area contributed by atoms with Crippen LogP contribution in [0, 0.1) is 19.8 Å². The zero-order valence-corrected chi connectivity index (χ0v) is 14.3. The monoisotopic (exact) mass is 306 g/mol. The van der Waals surface area contributed by atoms with Crippen molar-refractivity contribution in [2.75, 3.05) is 7.11 Å². The second-order valence-corrected chi connectivity index (χ2v) is 6.67. The Bertz CT molecular complexity index is 599. The summed E-state index contributed by atoms with van der Waals surface area (Å²) >= 11 is 0. The number of rotatable bonds is 5. The lowest BCUT2D eigenvalue weighted by atomic mass is 9.95. The molecule has 5 nitrogen and oxygen atoms in total. The van der Waals surface area contributed by atoms with Gasteiger partial charge in [-0.3, -0.25) is 4.79 Å². The van der Waals surface area contributed by atoms with E-state index < -0.39 is 5.54 Å². The number of carbonyl (C=O) groups is 2. The van der Waals surface area contributed by atoms with Gasteiger partial charge in [-0.1, -0.05) is 0 Å². The molecule has 1 aromatic rings. The van der Waals surface area contributed by atoms with E-state index >= 15 is 0 Å². The van der Waals surface area contributed by atoms with E-state index in [-0.39, 0.29) is 23.8 Å². The largest absolute Gasteiger partial charge is 0.467 e. The third-order valence-corrected chi connectivity index (χ3v) is 4.62. The summed E-state index contributed by atoms with van der Waals surface area (Å²) in [5, 5.41) is 2.92. The SMILES string of the molecule is COC(=O)[C@@](C)(NC(=O)c1cc(C)n(C(C)C)c1C)C1CC1. The summed E-state index contributed by atoms with van der Waals surface area (Å²) in [6, 6.07) is 2.17. The van der Waals surface area contributed by atoms with Gasteiger partial charge in [-0.25, -0.2) is 4.79 Å². The van der Waals surface area contributed by atoms with Crippen molar-refractivity contribution < 1.29 is 14.3 Å². The minimum Gasteiger partial charge on any atom is -0.467 e. The van der Waals surface area contributed by atoms with E-state index in [9.17, 15) is 9.59 Å². The van der Waals surface area contributed by atoms with E-state index in [1.165, 1.54) is 7.11 Å². The van der Waals surface area contributed by atoms with E-state index in [1.54, 1.807) is 6.92 Å². The summed E-state index contributed by atoms with van der Waals surface area (Å²) in [4.78, 5) is 24.8. The number of amides is 1. The van der Waals surface area contributed by atoms with Gasteiger partial charge in [0.1, 0.15) is 5.54 Å². The van der Waals surface area contributed by atoms with Crippen LogP contribution >= 0.6 is 0 Å². The fourth-order valence-corrected chi connectivity index (χ4v) is 3.30. The Labute approximate surface area is 132 Å². The molecule has 122 valence electrons. The molecule has 2 rings (SSSR count). The van der Waals surface area contributed by atoms with Crippen LogP contribution in [0.3, 0.4) is 0 Å². The quantitative estimate of drug-likeness (QED) is 0.851. The molecule has 0 bridgehead atoms. The summed E-state index contributed by atoms with van der Waals surface area (Å²) in [5.74, 6) is -0.418. The van der Waals surface area contributed by atoms with Crippen molar-refractivity contribution >= 4 is 11.9 Å². The number of hydrogen-bond acceptors (Lipinski definition) is 3. The number of nitrogens with zero attached hydrogens (tertiary/aromatic N) is 1. The van der Waals surface area contributed by atoms with Gasteiger partial charge in [0.25, 0.3) is 5.91 Å². The Hall–Kier alpha value is -1.78. The molecule has 5 heteroatoms. The van der Waals surface area contributed by atoms with Crippen LogP contribution in [-0.4, -0.2) is 29.1 Å². The van der Waals surface area contributed by atoms with Crippen molar-refractivity contribution in [3.63, 3.8) is 0 Å². The van der Waals surface area contributed by atoms with E-state index in [4.69, 9.17) is 4.74 Å². The minimum atomic E-state index is -0.938. The van der Waals surface area contributed by atoms with Gasteiger partial charge in [0.05, 0.1) is 12.7 Å². The topological polar surface area (TPSA) is 60.3 Å². The minimum absolute atomic E-state index is 0.164. The first-order chi connectivity index (χ1) is 10.2. The Morgan fingerprint density at radius 1 is 1.36 bits per heavy atom. The fraction of sp³-hybridized carbons (Fsp3) is 0.647. The summed E-state index contributed by atoms with van der Waals surface area (Å²) in [5.41, 5.74) is 1.66. The summed E-state index contributed by atoms with van der Waals surface area (Å²) in [6.07, 6.45) is 1.88. The number of aryl methyl sites for hydroxylation is 1. The zero-order valence-electron chi connectivity index (χ0n) is 14.3. The predicted molar refractivity (Wildman–Crippen MR) is 84.9 cm³/mol. The number of aromatic nitrogens is 1. The van der Waals surface area contributed by atoms with Crippen LogP contribution in [-0.2, 0) is 9.53 Å². The Morgan fingerprint density at radius 2 is 1.95 bits per heavy atom. The molecular formula is C17H26N2O3. The average Bonchev–Trinajstić information content (AvgIpc) is 3.23. The molecule has 22 heavy (non-hydrogen) atoms. The molecule has 1 aromatic heterocycles. The molecule has 1 aliphatic rings. The third-order valence-electron chi connectivity index (χ3n) is 4.62. The van der Waals surface area contributed by atoms with E-state index in [2.05, 4.69) is 23.7 Å². The highest BCUT2D eigenvalue weighted by Gasteiger charge is 2.49. The number of methoxy groups -OCH3 is 1. The fourth-order valence-electron chi connectivity index (χ4n) is 3.30. The van der Waals surface area contributed by atoms with E-state index in [0.717, 1.165) is 24.2 Å². The standard InChI is InChI=1S/C17H26N2O3/c1-10(2)19-11(3)9-14(12(19)4)15(20)18-17(5,13-7-8-13)16(21)22-6/h9-10,13H,7-8H2,1-6H3,(H,18,20)/t17-/m0/s1. The maximum atomic E-state index is 12.7. The molecule has 1 N–H and O–H groups in total. The van der Waals surface area contributed by atoms with Crippen LogP contribution in [0.5, 0.6) is 0 Å². The molecule has 0 saturated heterocycles. The Morgan fingerprint density at radius 3 is 2.36 bits per heavy atom. The van der Waals surface area contributed by atoms with Crippen molar-refractivity contribution in [1.82, 2.24) is 9.88 Å². The molecule has 0 aliphatic heterocycles. The van der Waals surface area contributed by atoms with Crippen LogP contribution < -0.4 is 5.32 Å². The summed E-state index contributed by atoms with van der Waals surface area (Å²) < 4.78 is 7.02. The molecule has 0 unspecified atom stereocenters. The molecule has 1 fully saturated rings. The molecule has 1 heterocycles. The van der Waals surface area contributed by atoms with Gasteiger partial charge in [-0.2, -0.15) is 0 Å². The van der Waals surface area contributed by atoms with Gasteiger partial charge in [-0.05, 0) is 59.4 Å². The van der Waals surface area contributed by atoms with Crippen molar-refractivity contribution in [3.8, 4) is 0 Å². The normalized spacial score (nSPS) is 17.2. The van der Waals surface area contributed by atoms with E-state index in [0.29, 0.717) is 5.56 Å². The summed E-state index contributed by atoms with van der Waals surface area (Å²) in [7, 11) is 1.36. The molecule has 1 aliphatic carbocycles. The molecule has 1 amide bonds. The van der Waals surface area contributed by atoms with Crippen LogP contribution in [0.1, 0.15) is 61.4 Å². The van der Waals surface area contributed by atoms with Gasteiger partial charge in [0.2, 0.25) is 0 Å². The van der Waals surface area contributed by atoms with Crippen molar-refractivity contribution in [2.24, 2.45) is 5.92 Å². The average molecular weight is 306 g/mol. The molecule has 1 atom stereocenters. The lowest BCUT2D eigenvalue weighted by Gasteiger charge is -2.28. The van der Waals surface area contributed by atoms with E-state index in [1.807, 2.05) is 19.9 Å². The highest BCUT2D eigenvalue weighted by Crippen LogP contribution is 2.40. The lowest BCUT2D eigenvalue weighted by molar-refractivity contribution is -0.148. The molecule has 1 saturated carbocycles. The van der Waals surface area contributed by atoms with Gasteiger partial charge in [0, 0.05) is 17.4 Å². The van der Waals surface area contributed by atoms with Crippen LogP contribution in [0.25, 0.3) is 0 Å². The lowest BCUT2D eigenvalue weighted by Crippen LogP contribution is -2.54. The van der Waals surface area contributed by atoms with Crippen molar-refractivity contribution in [3.05, 3.63) is 23.0 Å². The predicted octanol–water partition coefficient (Wildman–Crippen LogP) is 2.76.